The number of alkyl halides is 1. The zero-order valence-corrected chi connectivity index (χ0v) is 14.8. The number of aryl methyl sites for hydroxylation is 1. The van der Waals surface area contributed by atoms with Crippen molar-refractivity contribution in [3.63, 3.8) is 0 Å². The van der Waals surface area contributed by atoms with Crippen molar-refractivity contribution >= 4 is 17.8 Å². The summed E-state index contributed by atoms with van der Waals surface area (Å²) in [6, 6.07) is 7.29. The van der Waals surface area contributed by atoms with E-state index in [0.29, 0.717) is 24.9 Å². The Morgan fingerprint density at radius 3 is 2.46 bits per heavy atom. The lowest BCUT2D eigenvalue weighted by molar-refractivity contribution is -0.150. The van der Waals surface area contributed by atoms with Gasteiger partial charge in [0.05, 0.1) is 12.5 Å². The average molecular weight is 362 g/mol. The molecule has 0 saturated carbocycles. The maximum absolute atomic E-state index is 14.2. The maximum atomic E-state index is 14.2. The zero-order chi connectivity index (χ0) is 18.9. The van der Waals surface area contributed by atoms with Gasteiger partial charge >= 0.3 is 5.97 Å². The van der Waals surface area contributed by atoms with E-state index in [1.54, 1.807) is 17.0 Å². The SMILES string of the molecule is Cc1ccc(C(=O)N2CCCC(C(=O)N3CCC(F)(C(=O)O)C3)C2)cc1. The standard InChI is InChI=1S/C19H23FN2O4/c1-13-4-6-14(7-5-13)16(23)21-9-2-3-15(11-21)17(24)22-10-8-19(20,12-22)18(25)26/h4-7,15H,2-3,8-12H2,1H3,(H,25,26). The van der Waals surface area contributed by atoms with Crippen LogP contribution in [0.3, 0.4) is 0 Å². The van der Waals surface area contributed by atoms with Gasteiger partial charge in [-0.1, -0.05) is 17.7 Å². The molecular weight excluding hydrogens is 339 g/mol. The van der Waals surface area contributed by atoms with Gasteiger partial charge in [-0.25, -0.2) is 9.18 Å². The molecule has 2 unspecified atom stereocenters. The first-order valence-corrected chi connectivity index (χ1v) is 8.87. The Morgan fingerprint density at radius 2 is 1.85 bits per heavy atom. The van der Waals surface area contributed by atoms with E-state index in [1.807, 2.05) is 19.1 Å². The van der Waals surface area contributed by atoms with Crippen molar-refractivity contribution in [2.45, 2.75) is 31.9 Å². The second kappa shape index (κ2) is 7.05. The third kappa shape index (κ3) is 3.57. The molecule has 2 amide bonds. The molecule has 0 aromatic heterocycles. The van der Waals surface area contributed by atoms with Crippen LogP contribution in [0.4, 0.5) is 4.39 Å². The Bertz CT molecular complexity index is 721. The Hall–Kier alpha value is -2.44. The normalized spacial score (nSPS) is 26.0. The minimum Gasteiger partial charge on any atom is -0.479 e. The first-order valence-electron chi connectivity index (χ1n) is 8.87. The summed E-state index contributed by atoms with van der Waals surface area (Å²) in [5, 5.41) is 8.98. The van der Waals surface area contributed by atoms with E-state index < -0.39 is 24.1 Å². The number of carbonyl (C=O) groups excluding carboxylic acids is 2. The van der Waals surface area contributed by atoms with Crippen LogP contribution in [0.5, 0.6) is 0 Å². The highest BCUT2D eigenvalue weighted by atomic mass is 19.1. The fraction of sp³-hybridized carbons (Fsp3) is 0.526. The third-order valence-corrected chi connectivity index (χ3v) is 5.27. The molecule has 2 saturated heterocycles. The Labute approximate surface area is 151 Å². The molecule has 3 rings (SSSR count). The number of likely N-dealkylation sites (tertiary alicyclic amines) is 2. The largest absolute Gasteiger partial charge is 0.479 e. The molecule has 0 radical (unpaired) electrons. The Morgan fingerprint density at radius 1 is 1.15 bits per heavy atom. The van der Waals surface area contributed by atoms with Gasteiger partial charge in [0.1, 0.15) is 0 Å². The molecule has 6 nitrogen and oxygen atoms in total. The summed E-state index contributed by atoms with van der Waals surface area (Å²) in [6.07, 6.45) is 1.13. The summed E-state index contributed by atoms with van der Waals surface area (Å²) in [6.45, 7) is 2.50. The lowest BCUT2D eigenvalue weighted by Crippen LogP contribution is -2.47. The Kier molecular flexibility index (Phi) is 4.98. The number of amides is 2. The summed E-state index contributed by atoms with van der Waals surface area (Å²) in [5.74, 6) is -2.30. The average Bonchev–Trinajstić information content (AvgIpc) is 3.05. The number of aliphatic carboxylic acids is 1. The molecule has 7 heteroatoms. The first kappa shape index (κ1) is 18.4. The predicted octanol–water partition coefficient (Wildman–Crippen LogP) is 1.87. The summed E-state index contributed by atoms with van der Waals surface area (Å²) in [7, 11) is 0. The molecule has 1 N–H and O–H groups in total. The monoisotopic (exact) mass is 362 g/mol. The smallest absolute Gasteiger partial charge is 0.343 e. The van der Waals surface area contributed by atoms with Crippen LogP contribution < -0.4 is 0 Å². The summed E-state index contributed by atoms with van der Waals surface area (Å²) in [4.78, 5) is 39.3. The van der Waals surface area contributed by atoms with Crippen LogP contribution in [0.2, 0.25) is 0 Å². The first-order chi connectivity index (χ1) is 12.3. The lowest BCUT2D eigenvalue weighted by Gasteiger charge is -2.34. The van der Waals surface area contributed by atoms with Crippen molar-refractivity contribution in [2.75, 3.05) is 26.2 Å². The molecule has 26 heavy (non-hydrogen) atoms. The fourth-order valence-electron chi connectivity index (χ4n) is 3.64. The van der Waals surface area contributed by atoms with Crippen LogP contribution in [-0.2, 0) is 9.59 Å². The van der Waals surface area contributed by atoms with Gasteiger partial charge in [0.15, 0.2) is 0 Å². The Balaban J connectivity index is 1.65. The van der Waals surface area contributed by atoms with Gasteiger partial charge in [-0.15, -0.1) is 0 Å². The molecular formula is C19H23FN2O4. The minimum atomic E-state index is -2.36. The van der Waals surface area contributed by atoms with Crippen LogP contribution in [0.15, 0.2) is 24.3 Å². The van der Waals surface area contributed by atoms with Gasteiger partial charge in [-0.2, -0.15) is 0 Å². The lowest BCUT2D eigenvalue weighted by atomic mass is 9.95. The molecule has 2 aliphatic rings. The number of hydrogen-bond acceptors (Lipinski definition) is 3. The summed E-state index contributed by atoms with van der Waals surface area (Å²) < 4.78 is 14.2. The summed E-state index contributed by atoms with van der Waals surface area (Å²) in [5.41, 5.74) is -0.712. The van der Waals surface area contributed by atoms with Crippen molar-refractivity contribution < 1.29 is 23.9 Å². The van der Waals surface area contributed by atoms with Crippen LogP contribution in [-0.4, -0.2) is 64.5 Å². The number of hydrogen-bond donors (Lipinski definition) is 1. The number of carboxylic acid groups (broad SMARTS) is 1. The van der Waals surface area contributed by atoms with E-state index >= 15 is 0 Å². The van der Waals surface area contributed by atoms with Crippen molar-refractivity contribution in [3.05, 3.63) is 35.4 Å². The quantitative estimate of drug-likeness (QED) is 0.890. The molecule has 0 bridgehead atoms. The van der Waals surface area contributed by atoms with Crippen molar-refractivity contribution in [1.29, 1.82) is 0 Å². The molecule has 0 spiro atoms. The van der Waals surface area contributed by atoms with E-state index in [2.05, 4.69) is 0 Å². The van der Waals surface area contributed by atoms with Gasteiger partial charge in [0, 0.05) is 31.6 Å². The molecule has 0 aliphatic carbocycles. The third-order valence-electron chi connectivity index (χ3n) is 5.27. The molecule has 1 aromatic rings. The molecule has 1 aromatic carbocycles. The van der Waals surface area contributed by atoms with Crippen LogP contribution in [0.1, 0.15) is 35.2 Å². The number of carbonyl (C=O) groups is 3. The highest BCUT2D eigenvalue weighted by Crippen LogP contribution is 2.29. The molecule has 2 fully saturated rings. The van der Waals surface area contributed by atoms with Gasteiger partial charge in [-0.05, 0) is 31.9 Å². The molecule has 140 valence electrons. The van der Waals surface area contributed by atoms with E-state index in [1.165, 1.54) is 4.90 Å². The fourth-order valence-corrected chi connectivity index (χ4v) is 3.64. The number of carboxylic acids is 1. The van der Waals surface area contributed by atoms with Gasteiger partial charge in [0.25, 0.3) is 5.91 Å². The van der Waals surface area contributed by atoms with Gasteiger partial charge in [0.2, 0.25) is 11.6 Å². The van der Waals surface area contributed by atoms with E-state index in [4.69, 9.17) is 5.11 Å². The minimum absolute atomic E-state index is 0.101. The van der Waals surface area contributed by atoms with Crippen LogP contribution >= 0.6 is 0 Å². The van der Waals surface area contributed by atoms with Gasteiger partial charge < -0.3 is 14.9 Å². The highest BCUT2D eigenvalue weighted by Gasteiger charge is 2.48. The van der Waals surface area contributed by atoms with Crippen molar-refractivity contribution in [1.82, 2.24) is 9.80 Å². The predicted molar refractivity (Wildman–Crippen MR) is 92.5 cm³/mol. The second-order valence-electron chi connectivity index (χ2n) is 7.24. The van der Waals surface area contributed by atoms with Crippen molar-refractivity contribution in [2.24, 2.45) is 5.92 Å². The maximum Gasteiger partial charge on any atom is 0.343 e. The molecule has 2 aliphatic heterocycles. The summed E-state index contributed by atoms with van der Waals surface area (Å²) >= 11 is 0. The highest BCUT2D eigenvalue weighted by molar-refractivity contribution is 5.94. The second-order valence-corrected chi connectivity index (χ2v) is 7.24. The van der Waals surface area contributed by atoms with E-state index in [-0.39, 0.29) is 31.3 Å². The van der Waals surface area contributed by atoms with Crippen LogP contribution in [0.25, 0.3) is 0 Å². The van der Waals surface area contributed by atoms with Gasteiger partial charge in [-0.3, -0.25) is 9.59 Å². The molecule has 2 atom stereocenters. The number of piperidine rings is 1. The topological polar surface area (TPSA) is 77.9 Å². The van der Waals surface area contributed by atoms with E-state index in [0.717, 1.165) is 5.56 Å². The number of halogens is 1. The zero-order valence-electron chi connectivity index (χ0n) is 14.8. The van der Waals surface area contributed by atoms with E-state index in [9.17, 15) is 18.8 Å². The number of nitrogens with zero attached hydrogens (tertiary/aromatic N) is 2. The van der Waals surface area contributed by atoms with Crippen LogP contribution in [0, 0.1) is 12.8 Å². The molecule has 2 heterocycles. The number of rotatable bonds is 3. The number of benzene rings is 1. The van der Waals surface area contributed by atoms with Crippen molar-refractivity contribution in [3.8, 4) is 0 Å².